The zero-order chi connectivity index (χ0) is 17.3. The summed E-state index contributed by atoms with van der Waals surface area (Å²) < 4.78 is 30.4. The Morgan fingerprint density at radius 2 is 1.87 bits per heavy atom. The van der Waals surface area contributed by atoms with Crippen LogP contribution in [-0.2, 0) is 27.1 Å². The Morgan fingerprint density at radius 1 is 1.26 bits per heavy atom. The number of nitrogens with one attached hydrogen (secondary N) is 3. The van der Waals surface area contributed by atoms with Crippen LogP contribution in [0.25, 0.3) is 0 Å². The van der Waals surface area contributed by atoms with Crippen molar-refractivity contribution >= 4 is 16.0 Å². The molecule has 23 heavy (non-hydrogen) atoms. The standard InChI is InChI=1S/C15H26N4O3S/c1-12(10-22-4)19-15(16-2)18-9-13-5-7-14(8-6-13)11-23(20,21)17-3/h5-8,12,17H,9-11H2,1-4H3,(H2,16,18,19). The summed E-state index contributed by atoms with van der Waals surface area (Å²) in [4.78, 5) is 4.15. The van der Waals surface area contributed by atoms with Gasteiger partial charge in [0.05, 0.1) is 12.4 Å². The molecule has 0 aromatic heterocycles. The number of ether oxygens (including phenoxy) is 1. The fraction of sp³-hybridized carbons (Fsp3) is 0.533. The summed E-state index contributed by atoms with van der Waals surface area (Å²) in [6, 6.07) is 7.59. The van der Waals surface area contributed by atoms with Crippen LogP contribution in [0.1, 0.15) is 18.1 Å². The molecule has 7 nitrogen and oxygen atoms in total. The molecule has 1 unspecified atom stereocenters. The highest BCUT2D eigenvalue weighted by molar-refractivity contribution is 7.88. The lowest BCUT2D eigenvalue weighted by Crippen LogP contribution is -2.43. The molecule has 8 heteroatoms. The van der Waals surface area contributed by atoms with Gasteiger partial charge in [-0.2, -0.15) is 0 Å². The molecule has 0 heterocycles. The number of nitrogens with zero attached hydrogens (tertiary/aromatic N) is 1. The van der Waals surface area contributed by atoms with Crippen LogP contribution in [0.15, 0.2) is 29.3 Å². The Kier molecular flexibility index (Phi) is 8.01. The highest BCUT2D eigenvalue weighted by Gasteiger charge is 2.08. The summed E-state index contributed by atoms with van der Waals surface area (Å²) in [5.41, 5.74) is 1.79. The third-order valence-corrected chi connectivity index (χ3v) is 4.51. The number of guanidine groups is 1. The third kappa shape index (κ3) is 7.45. The van der Waals surface area contributed by atoms with Gasteiger partial charge in [-0.15, -0.1) is 0 Å². The van der Waals surface area contributed by atoms with Crippen molar-refractivity contribution < 1.29 is 13.2 Å². The predicted octanol–water partition coefficient (Wildman–Crippen LogP) is 0.436. The van der Waals surface area contributed by atoms with Gasteiger partial charge in [0.25, 0.3) is 0 Å². The smallest absolute Gasteiger partial charge is 0.215 e. The van der Waals surface area contributed by atoms with Crippen molar-refractivity contribution in [1.29, 1.82) is 0 Å². The lowest BCUT2D eigenvalue weighted by molar-refractivity contribution is 0.179. The van der Waals surface area contributed by atoms with Gasteiger partial charge in [0, 0.05) is 26.7 Å². The first kappa shape index (κ1) is 19.4. The van der Waals surface area contributed by atoms with E-state index in [0.29, 0.717) is 19.1 Å². The normalized spacial score (nSPS) is 13.7. The summed E-state index contributed by atoms with van der Waals surface area (Å²) in [5.74, 6) is 0.672. The molecule has 130 valence electrons. The Hall–Kier alpha value is -1.64. The molecule has 0 spiro atoms. The largest absolute Gasteiger partial charge is 0.383 e. The monoisotopic (exact) mass is 342 g/mol. The highest BCUT2D eigenvalue weighted by atomic mass is 32.2. The van der Waals surface area contributed by atoms with E-state index in [9.17, 15) is 8.42 Å². The number of benzene rings is 1. The maximum absolute atomic E-state index is 11.5. The SMILES string of the molecule is CN=C(NCc1ccc(CS(=O)(=O)NC)cc1)NC(C)COC. The molecule has 0 saturated carbocycles. The van der Waals surface area contributed by atoms with Crippen LogP contribution in [-0.4, -0.2) is 48.2 Å². The molecule has 3 N–H and O–H groups in total. The summed E-state index contributed by atoms with van der Waals surface area (Å²) in [6.45, 7) is 3.20. The van der Waals surface area contributed by atoms with E-state index in [2.05, 4.69) is 20.3 Å². The van der Waals surface area contributed by atoms with E-state index in [1.165, 1.54) is 7.05 Å². The first-order valence-corrected chi connectivity index (χ1v) is 9.00. The van der Waals surface area contributed by atoms with Crippen molar-refractivity contribution in [3.05, 3.63) is 35.4 Å². The average molecular weight is 342 g/mol. The minimum Gasteiger partial charge on any atom is -0.383 e. The van der Waals surface area contributed by atoms with Crippen LogP contribution < -0.4 is 15.4 Å². The summed E-state index contributed by atoms with van der Waals surface area (Å²) in [5, 5.41) is 6.42. The molecule has 0 bridgehead atoms. The molecule has 0 fully saturated rings. The van der Waals surface area contributed by atoms with Gasteiger partial charge in [-0.25, -0.2) is 13.1 Å². The molecule has 0 amide bonds. The van der Waals surface area contributed by atoms with Crippen LogP contribution in [0.2, 0.25) is 0 Å². The first-order valence-electron chi connectivity index (χ1n) is 7.35. The van der Waals surface area contributed by atoms with E-state index in [4.69, 9.17) is 4.74 Å². The Morgan fingerprint density at radius 3 is 2.39 bits per heavy atom. The maximum atomic E-state index is 11.5. The number of aliphatic imine (C=N–C) groups is 1. The van der Waals surface area contributed by atoms with Crippen LogP contribution in [0.3, 0.4) is 0 Å². The van der Waals surface area contributed by atoms with E-state index >= 15 is 0 Å². The molecular formula is C15H26N4O3S. The van der Waals surface area contributed by atoms with Crippen LogP contribution >= 0.6 is 0 Å². The van der Waals surface area contributed by atoms with E-state index in [1.807, 2.05) is 31.2 Å². The molecular weight excluding hydrogens is 316 g/mol. The maximum Gasteiger partial charge on any atom is 0.215 e. The van der Waals surface area contributed by atoms with Gasteiger partial charge in [0.2, 0.25) is 10.0 Å². The van der Waals surface area contributed by atoms with Crippen molar-refractivity contribution in [2.24, 2.45) is 4.99 Å². The number of rotatable bonds is 8. The van der Waals surface area contributed by atoms with Gasteiger partial charge in [-0.05, 0) is 25.1 Å². The molecule has 0 aliphatic heterocycles. The second-order valence-corrected chi connectivity index (χ2v) is 7.13. The van der Waals surface area contributed by atoms with Crippen molar-refractivity contribution in [1.82, 2.24) is 15.4 Å². The Bertz CT molecular complexity index is 600. The van der Waals surface area contributed by atoms with Gasteiger partial charge >= 0.3 is 0 Å². The Labute approximate surface area is 138 Å². The van der Waals surface area contributed by atoms with Crippen LogP contribution in [0.5, 0.6) is 0 Å². The quantitative estimate of drug-likeness (QED) is 0.471. The van der Waals surface area contributed by atoms with E-state index < -0.39 is 10.0 Å². The average Bonchev–Trinajstić information content (AvgIpc) is 2.52. The zero-order valence-electron chi connectivity index (χ0n) is 14.1. The predicted molar refractivity (Wildman–Crippen MR) is 92.8 cm³/mol. The zero-order valence-corrected chi connectivity index (χ0v) is 14.9. The van der Waals surface area contributed by atoms with Crippen LogP contribution in [0.4, 0.5) is 0 Å². The Balaban J connectivity index is 2.55. The molecule has 0 radical (unpaired) electrons. The van der Waals surface area contributed by atoms with Crippen molar-refractivity contribution in [2.75, 3.05) is 27.8 Å². The number of hydrogen-bond acceptors (Lipinski definition) is 4. The molecule has 0 saturated heterocycles. The van der Waals surface area contributed by atoms with Crippen molar-refractivity contribution in [2.45, 2.75) is 25.3 Å². The first-order chi connectivity index (χ1) is 10.9. The summed E-state index contributed by atoms with van der Waals surface area (Å²) >= 11 is 0. The lowest BCUT2D eigenvalue weighted by atomic mass is 10.1. The third-order valence-electron chi connectivity index (χ3n) is 3.17. The molecule has 0 aliphatic rings. The van der Waals surface area contributed by atoms with Gasteiger partial charge in [-0.3, -0.25) is 4.99 Å². The number of sulfonamides is 1. The van der Waals surface area contributed by atoms with E-state index in [0.717, 1.165) is 11.1 Å². The van der Waals surface area contributed by atoms with Crippen LogP contribution in [0, 0.1) is 0 Å². The second-order valence-electron chi connectivity index (χ2n) is 5.21. The molecule has 1 aromatic rings. The summed E-state index contributed by atoms with van der Waals surface area (Å²) in [7, 11) is 1.54. The van der Waals surface area contributed by atoms with E-state index in [-0.39, 0.29) is 11.8 Å². The highest BCUT2D eigenvalue weighted by Crippen LogP contribution is 2.07. The molecule has 1 rings (SSSR count). The topological polar surface area (TPSA) is 91.8 Å². The molecule has 1 aromatic carbocycles. The van der Waals surface area contributed by atoms with Crippen molar-refractivity contribution in [3.8, 4) is 0 Å². The fourth-order valence-corrected chi connectivity index (χ4v) is 2.73. The van der Waals surface area contributed by atoms with Gasteiger partial charge in [0.1, 0.15) is 0 Å². The number of methoxy groups -OCH3 is 1. The van der Waals surface area contributed by atoms with Crippen molar-refractivity contribution in [3.63, 3.8) is 0 Å². The molecule has 1 atom stereocenters. The fourth-order valence-electron chi connectivity index (χ4n) is 1.95. The van der Waals surface area contributed by atoms with E-state index in [1.54, 1.807) is 14.2 Å². The molecule has 0 aliphatic carbocycles. The number of hydrogen-bond donors (Lipinski definition) is 3. The van der Waals surface area contributed by atoms with Gasteiger partial charge in [0.15, 0.2) is 5.96 Å². The van der Waals surface area contributed by atoms with Gasteiger partial charge < -0.3 is 15.4 Å². The minimum atomic E-state index is -3.24. The summed E-state index contributed by atoms with van der Waals surface area (Å²) in [6.07, 6.45) is 0. The lowest BCUT2D eigenvalue weighted by Gasteiger charge is -2.17. The minimum absolute atomic E-state index is 0.0189. The van der Waals surface area contributed by atoms with Gasteiger partial charge in [-0.1, -0.05) is 24.3 Å². The second kappa shape index (κ2) is 9.49.